The molecular formula is C27H30N5O9P. The second kappa shape index (κ2) is 13.3. The highest BCUT2D eigenvalue weighted by Gasteiger charge is 2.56. The molecule has 0 bridgehead atoms. The van der Waals surface area contributed by atoms with Crippen LogP contribution in [0.15, 0.2) is 78.1 Å². The third-order valence-electron chi connectivity index (χ3n) is 6.61. The lowest BCUT2D eigenvalue weighted by Crippen LogP contribution is -2.52. The highest BCUT2D eigenvalue weighted by Crippen LogP contribution is 2.46. The number of azide groups is 1. The van der Waals surface area contributed by atoms with E-state index in [1.165, 1.54) is 38.3 Å². The van der Waals surface area contributed by atoms with Crippen molar-refractivity contribution in [3.63, 3.8) is 0 Å². The number of ketones is 1. The molecule has 6 atom stereocenters. The van der Waals surface area contributed by atoms with Crippen LogP contribution in [0.1, 0.15) is 25.8 Å². The number of nitrogens with zero attached hydrogens (tertiary/aromatic N) is 4. The molecule has 0 saturated carbocycles. The topological polar surface area (TPSA) is 189 Å². The van der Waals surface area contributed by atoms with Gasteiger partial charge in [-0.25, -0.2) is 4.57 Å². The van der Waals surface area contributed by atoms with E-state index in [4.69, 9.17) is 18.5 Å². The lowest BCUT2D eigenvalue weighted by atomic mass is 9.92. The first-order valence-corrected chi connectivity index (χ1v) is 14.5. The Balaban J connectivity index is 1.50. The van der Waals surface area contributed by atoms with E-state index in [0.29, 0.717) is 0 Å². The smallest absolute Gasteiger partial charge is 0.459 e. The number of para-hydroxylation sites is 1. The summed E-state index contributed by atoms with van der Waals surface area (Å²) in [7, 11) is -4.34. The van der Waals surface area contributed by atoms with Gasteiger partial charge in [0.2, 0.25) is 5.91 Å². The molecule has 1 unspecified atom stereocenters. The van der Waals surface area contributed by atoms with Crippen LogP contribution in [0.2, 0.25) is 0 Å². The van der Waals surface area contributed by atoms with Gasteiger partial charge in [0.15, 0.2) is 12.0 Å². The standard InChI is InChI=1S/C27H30N5O9P/c1-18(25(36)38-16-19-9-5-3-6-10-19)29-42(37,41-21-11-7-4-8-12-21)39-17-22-24(35)27(2,30-31-28)26(40-22)32-14-13-20(33)15-23(32)34/h3-14,18,22,24,26,35H,15-17H2,1-2H3,(H,29,37)/t18-,22+,24+,26+,27+,42?/m0/s1. The van der Waals surface area contributed by atoms with Gasteiger partial charge in [-0.2, -0.15) is 5.09 Å². The Morgan fingerprint density at radius 3 is 2.55 bits per heavy atom. The van der Waals surface area contributed by atoms with Crippen LogP contribution in [0.25, 0.3) is 10.4 Å². The van der Waals surface area contributed by atoms with Crippen molar-refractivity contribution in [3.05, 3.63) is 88.9 Å². The Labute approximate surface area is 241 Å². The second-order valence-corrected chi connectivity index (χ2v) is 11.5. The number of hydrogen-bond acceptors (Lipinski definition) is 10. The molecule has 4 rings (SSSR count). The number of rotatable bonds is 12. The zero-order valence-corrected chi connectivity index (χ0v) is 23.7. The van der Waals surface area contributed by atoms with Crippen LogP contribution in [0.4, 0.5) is 0 Å². The number of hydrogen-bond donors (Lipinski definition) is 2. The van der Waals surface area contributed by atoms with Gasteiger partial charge in [0.05, 0.1) is 19.1 Å². The highest BCUT2D eigenvalue weighted by atomic mass is 31.2. The molecule has 2 aromatic rings. The molecule has 0 aromatic heterocycles. The van der Waals surface area contributed by atoms with E-state index in [1.807, 2.05) is 6.07 Å². The summed E-state index contributed by atoms with van der Waals surface area (Å²) >= 11 is 0. The Kier molecular flexibility index (Phi) is 9.79. The van der Waals surface area contributed by atoms with Crippen molar-refractivity contribution in [3.8, 4) is 5.75 Å². The maximum atomic E-state index is 13.9. The summed E-state index contributed by atoms with van der Waals surface area (Å²) in [5, 5.41) is 17.3. The summed E-state index contributed by atoms with van der Waals surface area (Å²) in [4.78, 5) is 40.7. The number of allylic oxidation sites excluding steroid dienone is 1. The van der Waals surface area contributed by atoms with Crippen molar-refractivity contribution < 1.29 is 42.6 Å². The van der Waals surface area contributed by atoms with E-state index in [9.17, 15) is 29.6 Å². The predicted molar refractivity (Wildman–Crippen MR) is 147 cm³/mol. The number of aliphatic hydroxyl groups excluding tert-OH is 1. The molecule has 2 aliphatic rings. The van der Waals surface area contributed by atoms with Gasteiger partial charge in [0, 0.05) is 11.1 Å². The minimum Gasteiger partial charge on any atom is -0.460 e. The predicted octanol–water partition coefficient (Wildman–Crippen LogP) is 3.38. The van der Waals surface area contributed by atoms with Crippen LogP contribution in [-0.2, 0) is 39.6 Å². The largest absolute Gasteiger partial charge is 0.460 e. The average molecular weight is 600 g/mol. The molecule has 2 N–H and O–H groups in total. The highest BCUT2D eigenvalue weighted by molar-refractivity contribution is 7.52. The zero-order chi connectivity index (χ0) is 30.3. The molecule has 1 saturated heterocycles. The van der Waals surface area contributed by atoms with Gasteiger partial charge in [-0.1, -0.05) is 53.6 Å². The van der Waals surface area contributed by atoms with Gasteiger partial charge in [-0.05, 0) is 43.2 Å². The van der Waals surface area contributed by atoms with Crippen molar-refractivity contribution in [2.45, 2.75) is 56.9 Å². The maximum absolute atomic E-state index is 13.9. The quantitative estimate of drug-likeness (QED) is 0.0913. The first-order chi connectivity index (χ1) is 20.0. The monoisotopic (exact) mass is 599 g/mol. The lowest BCUT2D eigenvalue weighted by Gasteiger charge is -2.35. The molecule has 1 fully saturated rings. The second-order valence-electron chi connectivity index (χ2n) is 9.79. The number of carbonyl (C=O) groups excluding carboxylic acids is 3. The van der Waals surface area contributed by atoms with Gasteiger partial charge in [-0.3, -0.25) is 23.8 Å². The molecule has 2 aromatic carbocycles. The van der Waals surface area contributed by atoms with E-state index < -0.39 is 68.5 Å². The normalized spacial score (nSPS) is 25.8. The molecule has 42 heavy (non-hydrogen) atoms. The molecule has 14 nitrogen and oxygen atoms in total. The number of carbonyl (C=O) groups is 3. The summed E-state index contributed by atoms with van der Waals surface area (Å²) in [6.45, 7) is 2.22. The van der Waals surface area contributed by atoms with Crippen molar-refractivity contribution in [2.24, 2.45) is 5.11 Å². The minimum atomic E-state index is -4.34. The number of benzene rings is 2. The summed E-state index contributed by atoms with van der Waals surface area (Å²) in [6.07, 6.45) is -2.17. The molecular weight excluding hydrogens is 569 g/mol. The zero-order valence-electron chi connectivity index (χ0n) is 22.8. The molecule has 0 radical (unpaired) electrons. The number of amides is 1. The van der Waals surface area contributed by atoms with E-state index in [-0.39, 0.29) is 12.4 Å². The molecule has 15 heteroatoms. The number of esters is 1. The summed E-state index contributed by atoms with van der Waals surface area (Å²) in [5.74, 6) is -1.60. The number of aliphatic hydroxyl groups is 1. The van der Waals surface area contributed by atoms with Crippen molar-refractivity contribution in [1.29, 1.82) is 0 Å². The summed E-state index contributed by atoms with van der Waals surface area (Å²) in [6, 6.07) is 15.9. The Hall–Kier alpha value is -4.03. The third-order valence-corrected chi connectivity index (χ3v) is 8.25. The minimum absolute atomic E-state index is 0.00680. The third kappa shape index (κ3) is 7.24. The molecule has 222 valence electrons. The Morgan fingerprint density at radius 2 is 1.90 bits per heavy atom. The van der Waals surface area contributed by atoms with Crippen LogP contribution in [0.3, 0.4) is 0 Å². The SMILES string of the molecule is C[C@H](NP(=O)(OC[C@H]1O[C@@H](N2C=CC(=O)CC2=O)[C@](C)(N=[N+]=[N-])[C@@H]1O)Oc1ccccc1)C(=O)OCc1ccccc1. The van der Waals surface area contributed by atoms with Gasteiger partial charge in [-0.15, -0.1) is 0 Å². The Bertz CT molecular complexity index is 1420. The van der Waals surface area contributed by atoms with Crippen molar-refractivity contribution in [1.82, 2.24) is 9.99 Å². The molecule has 0 aliphatic carbocycles. The lowest BCUT2D eigenvalue weighted by molar-refractivity contribution is -0.147. The molecule has 0 spiro atoms. The fraction of sp³-hybridized carbons (Fsp3) is 0.370. The summed E-state index contributed by atoms with van der Waals surface area (Å²) < 4.78 is 36.4. The van der Waals surface area contributed by atoms with E-state index >= 15 is 0 Å². The van der Waals surface area contributed by atoms with Crippen molar-refractivity contribution in [2.75, 3.05) is 6.61 Å². The van der Waals surface area contributed by atoms with E-state index in [0.717, 1.165) is 10.5 Å². The molecule has 1 amide bonds. The number of nitrogens with one attached hydrogen (secondary N) is 1. The van der Waals surface area contributed by atoms with Crippen molar-refractivity contribution >= 4 is 25.4 Å². The van der Waals surface area contributed by atoms with Crippen LogP contribution in [0.5, 0.6) is 5.75 Å². The molecule has 2 aliphatic heterocycles. The maximum Gasteiger partial charge on any atom is 0.459 e. The van der Waals surface area contributed by atoms with E-state index in [2.05, 4.69) is 15.1 Å². The fourth-order valence-corrected chi connectivity index (χ4v) is 5.86. The van der Waals surface area contributed by atoms with Gasteiger partial charge < -0.3 is 19.1 Å². The van der Waals surface area contributed by atoms with Gasteiger partial charge in [0.1, 0.15) is 30.0 Å². The van der Waals surface area contributed by atoms with Crippen LogP contribution >= 0.6 is 7.75 Å². The Morgan fingerprint density at radius 1 is 1.24 bits per heavy atom. The van der Waals surface area contributed by atoms with Crippen LogP contribution in [-0.4, -0.2) is 64.3 Å². The van der Waals surface area contributed by atoms with E-state index in [1.54, 1.807) is 42.5 Å². The average Bonchev–Trinajstić information content (AvgIpc) is 3.21. The fourth-order valence-electron chi connectivity index (χ4n) is 4.36. The van der Waals surface area contributed by atoms with Gasteiger partial charge in [0.25, 0.3) is 0 Å². The number of ether oxygens (including phenoxy) is 2. The first-order valence-electron chi connectivity index (χ1n) is 12.9. The van der Waals surface area contributed by atoms with Crippen LogP contribution in [0, 0.1) is 0 Å². The molecule has 2 heterocycles. The first kappa shape index (κ1) is 30.9. The summed E-state index contributed by atoms with van der Waals surface area (Å²) in [5.41, 5.74) is 8.24. The van der Waals surface area contributed by atoms with Crippen LogP contribution < -0.4 is 9.61 Å². The van der Waals surface area contributed by atoms with Gasteiger partial charge >= 0.3 is 13.7 Å².